The highest BCUT2D eigenvalue weighted by Gasteiger charge is 2.33. The lowest BCUT2D eigenvalue weighted by molar-refractivity contribution is 0.117. The van der Waals surface area contributed by atoms with Crippen LogP contribution in [0.2, 0.25) is 0 Å². The lowest BCUT2D eigenvalue weighted by Crippen LogP contribution is -2.43. The molecule has 24 heavy (non-hydrogen) atoms. The highest BCUT2D eigenvalue weighted by atomic mass is 19.1. The van der Waals surface area contributed by atoms with Gasteiger partial charge in [0.05, 0.1) is 12.6 Å². The number of hydrogen-bond acceptors (Lipinski definition) is 3. The fraction of sp³-hybridized carbons (Fsp3) is 0.333. The van der Waals surface area contributed by atoms with Crippen LogP contribution >= 0.6 is 0 Å². The van der Waals surface area contributed by atoms with Gasteiger partial charge in [0.15, 0.2) is 0 Å². The normalized spacial score (nSPS) is 14.9. The number of carbonyl (C=O) groups is 1. The highest BCUT2D eigenvalue weighted by Crippen LogP contribution is 2.29. The molecule has 126 valence electrons. The molecule has 0 saturated heterocycles. The third-order valence-electron chi connectivity index (χ3n) is 4.04. The molecule has 5 nitrogen and oxygen atoms in total. The van der Waals surface area contributed by atoms with Crippen molar-refractivity contribution in [1.29, 1.82) is 0 Å². The van der Waals surface area contributed by atoms with Gasteiger partial charge in [0.25, 0.3) is 0 Å². The van der Waals surface area contributed by atoms with Crippen molar-refractivity contribution in [3.63, 3.8) is 0 Å². The number of rotatable bonds is 6. The van der Waals surface area contributed by atoms with Gasteiger partial charge >= 0.3 is 6.03 Å². The number of urea groups is 1. The lowest BCUT2D eigenvalue weighted by atomic mass is 10.1. The summed E-state index contributed by atoms with van der Waals surface area (Å²) < 4.78 is 13.0. The minimum absolute atomic E-state index is 0.161. The van der Waals surface area contributed by atoms with Crippen LogP contribution in [0, 0.1) is 5.82 Å². The third-order valence-corrected chi connectivity index (χ3v) is 4.04. The molecule has 2 aromatic rings. The Kier molecular flexibility index (Phi) is 5.05. The Morgan fingerprint density at radius 2 is 2.08 bits per heavy atom. The van der Waals surface area contributed by atoms with Crippen LogP contribution in [0.25, 0.3) is 0 Å². The van der Waals surface area contributed by atoms with Crippen molar-refractivity contribution >= 4 is 6.03 Å². The molecule has 1 aliphatic rings. The summed E-state index contributed by atoms with van der Waals surface area (Å²) in [4.78, 5) is 18.1. The molecular formula is C18H20FN3O2. The largest absolute Gasteiger partial charge is 0.387 e. The first-order valence-corrected chi connectivity index (χ1v) is 8.00. The zero-order chi connectivity index (χ0) is 16.9. The fourth-order valence-electron chi connectivity index (χ4n) is 2.54. The molecule has 0 radical (unpaired) electrons. The molecule has 1 aromatic carbocycles. The summed E-state index contributed by atoms with van der Waals surface area (Å²) in [6.45, 7) is 0.581. The zero-order valence-corrected chi connectivity index (χ0v) is 13.2. The van der Waals surface area contributed by atoms with Crippen LogP contribution in [0.3, 0.4) is 0 Å². The van der Waals surface area contributed by atoms with Crippen LogP contribution in [0.1, 0.15) is 30.1 Å². The SMILES string of the molecule is O=C(NCc1cccnc1)N(CC(O)c1ccc(F)cc1)C1CC1. The number of nitrogens with one attached hydrogen (secondary N) is 1. The number of amides is 2. The molecule has 2 N–H and O–H groups in total. The smallest absolute Gasteiger partial charge is 0.318 e. The summed E-state index contributed by atoms with van der Waals surface area (Å²) in [7, 11) is 0. The summed E-state index contributed by atoms with van der Waals surface area (Å²) >= 11 is 0. The number of halogens is 1. The Balaban J connectivity index is 1.59. The minimum Gasteiger partial charge on any atom is -0.387 e. The van der Waals surface area contributed by atoms with E-state index in [9.17, 15) is 14.3 Å². The van der Waals surface area contributed by atoms with E-state index in [2.05, 4.69) is 10.3 Å². The summed E-state index contributed by atoms with van der Waals surface area (Å²) in [5.74, 6) is -0.348. The van der Waals surface area contributed by atoms with Crippen molar-refractivity contribution in [1.82, 2.24) is 15.2 Å². The molecule has 1 saturated carbocycles. The molecule has 1 aromatic heterocycles. The Hall–Kier alpha value is -2.47. The number of pyridine rings is 1. The molecule has 1 fully saturated rings. The maximum atomic E-state index is 13.0. The van der Waals surface area contributed by atoms with Crippen LogP contribution in [0.4, 0.5) is 9.18 Å². The van der Waals surface area contributed by atoms with Gasteiger partial charge in [-0.25, -0.2) is 9.18 Å². The maximum absolute atomic E-state index is 13.0. The number of benzene rings is 1. The second-order valence-corrected chi connectivity index (χ2v) is 5.97. The van der Waals surface area contributed by atoms with E-state index in [1.807, 2.05) is 12.1 Å². The summed E-state index contributed by atoms with van der Waals surface area (Å²) in [5, 5.41) is 13.2. The van der Waals surface area contributed by atoms with E-state index >= 15 is 0 Å². The molecule has 3 rings (SSSR count). The first kappa shape index (κ1) is 16.4. The lowest BCUT2D eigenvalue weighted by Gasteiger charge is -2.25. The van der Waals surface area contributed by atoms with Gasteiger partial charge in [0, 0.05) is 25.0 Å². The quantitative estimate of drug-likeness (QED) is 0.856. The van der Waals surface area contributed by atoms with Crippen molar-refractivity contribution in [3.8, 4) is 0 Å². The van der Waals surface area contributed by atoms with Gasteiger partial charge in [-0.15, -0.1) is 0 Å². The van der Waals surface area contributed by atoms with Crippen LogP contribution in [0.5, 0.6) is 0 Å². The van der Waals surface area contributed by atoms with Crippen molar-refractivity contribution in [3.05, 3.63) is 65.7 Å². The van der Waals surface area contributed by atoms with Crippen LogP contribution in [0.15, 0.2) is 48.8 Å². The Morgan fingerprint density at radius 1 is 1.33 bits per heavy atom. The summed E-state index contributed by atoms with van der Waals surface area (Å²) in [6.07, 6.45) is 4.43. The second kappa shape index (κ2) is 7.40. The molecule has 1 atom stereocenters. The third kappa shape index (κ3) is 4.29. The maximum Gasteiger partial charge on any atom is 0.318 e. The highest BCUT2D eigenvalue weighted by molar-refractivity contribution is 5.75. The predicted molar refractivity (Wildman–Crippen MR) is 87.6 cm³/mol. The van der Waals surface area contributed by atoms with E-state index in [4.69, 9.17) is 0 Å². The first-order chi connectivity index (χ1) is 11.6. The van der Waals surface area contributed by atoms with Gasteiger partial charge in [-0.05, 0) is 42.2 Å². The molecule has 0 spiro atoms. The van der Waals surface area contributed by atoms with Crippen LogP contribution in [-0.4, -0.2) is 33.6 Å². The first-order valence-electron chi connectivity index (χ1n) is 8.00. The second-order valence-electron chi connectivity index (χ2n) is 5.97. The van der Waals surface area contributed by atoms with E-state index in [-0.39, 0.29) is 24.4 Å². The van der Waals surface area contributed by atoms with Gasteiger partial charge in [-0.2, -0.15) is 0 Å². The Morgan fingerprint density at radius 3 is 2.71 bits per heavy atom. The molecule has 0 aliphatic heterocycles. The predicted octanol–water partition coefficient (Wildman–Crippen LogP) is 2.63. The fourth-order valence-corrected chi connectivity index (χ4v) is 2.54. The number of aromatic nitrogens is 1. The Labute approximate surface area is 140 Å². The van der Waals surface area contributed by atoms with Crippen molar-refractivity contribution in [2.24, 2.45) is 0 Å². The summed E-state index contributed by atoms with van der Waals surface area (Å²) in [6, 6.07) is 9.36. The van der Waals surface area contributed by atoms with Gasteiger partial charge < -0.3 is 15.3 Å². The van der Waals surface area contributed by atoms with Gasteiger partial charge in [0.2, 0.25) is 0 Å². The molecule has 6 heteroatoms. The van der Waals surface area contributed by atoms with Gasteiger partial charge in [-0.1, -0.05) is 18.2 Å². The van der Waals surface area contributed by atoms with Crippen molar-refractivity contribution in [2.75, 3.05) is 6.54 Å². The molecule has 1 aliphatic carbocycles. The monoisotopic (exact) mass is 329 g/mol. The summed E-state index contributed by atoms with van der Waals surface area (Å²) in [5.41, 5.74) is 1.52. The topological polar surface area (TPSA) is 65.5 Å². The average molecular weight is 329 g/mol. The Bertz CT molecular complexity index is 674. The van der Waals surface area contributed by atoms with Gasteiger partial charge in [-0.3, -0.25) is 4.98 Å². The van der Waals surface area contributed by atoms with Gasteiger partial charge in [0.1, 0.15) is 5.82 Å². The van der Waals surface area contributed by atoms with E-state index in [0.717, 1.165) is 18.4 Å². The molecule has 2 amide bonds. The number of aliphatic hydroxyl groups is 1. The number of carbonyl (C=O) groups excluding carboxylic acids is 1. The van der Waals surface area contributed by atoms with Crippen LogP contribution in [-0.2, 0) is 6.54 Å². The number of hydrogen-bond donors (Lipinski definition) is 2. The zero-order valence-electron chi connectivity index (χ0n) is 13.2. The van der Waals surface area contributed by atoms with Crippen LogP contribution < -0.4 is 5.32 Å². The minimum atomic E-state index is -0.838. The molecule has 0 bridgehead atoms. The average Bonchev–Trinajstić information content (AvgIpc) is 3.44. The van der Waals surface area contributed by atoms with Crippen molar-refractivity contribution in [2.45, 2.75) is 31.5 Å². The standard InChI is InChI=1S/C18H20FN3O2/c19-15-5-3-14(4-6-15)17(23)12-22(16-7-8-16)18(24)21-11-13-2-1-9-20-10-13/h1-6,9-10,16-17,23H,7-8,11-12H2,(H,21,24). The molecule has 1 unspecified atom stereocenters. The van der Waals surface area contributed by atoms with E-state index in [1.165, 1.54) is 12.1 Å². The number of aliphatic hydroxyl groups excluding tert-OH is 1. The number of nitrogens with zero attached hydrogens (tertiary/aromatic N) is 2. The molecule has 1 heterocycles. The van der Waals surface area contributed by atoms with Crippen molar-refractivity contribution < 1.29 is 14.3 Å². The van der Waals surface area contributed by atoms with E-state index in [0.29, 0.717) is 12.1 Å². The van der Waals surface area contributed by atoms with E-state index < -0.39 is 6.10 Å². The molecular weight excluding hydrogens is 309 g/mol. The van der Waals surface area contributed by atoms with E-state index in [1.54, 1.807) is 29.4 Å².